The molecule has 0 aliphatic carbocycles. The van der Waals surface area contributed by atoms with E-state index < -0.39 is 18.0 Å². The second-order valence-corrected chi connectivity index (χ2v) is 4.23. The summed E-state index contributed by atoms with van der Waals surface area (Å²) < 4.78 is 32.0. The highest BCUT2D eigenvalue weighted by atomic mass is 19.3. The first kappa shape index (κ1) is 14.2. The molecule has 20 heavy (non-hydrogen) atoms. The molecule has 0 saturated carbocycles. The van der Waals surface area contributed by atoms with Gasteiger partial charge in [0.2, 0.25) is 0 Å². The monoisotopic (exact) mass is 282 g/mol. The predicted octanol–water partition coefficient (Wildman–Crippen LogP) is 2.60. The fourth-order valence-electron chi connectivity index (χ4n) is 2.02. The van der Waals surface area contributed by atoms with E-state index in [4.69, 9.17) is 9.84 Å². The lowest BCUT2D eigenvalue weighted by atomic mass is 9.96. The lowest BCUT2D eigenvalue weighted by Gasteiger charge is -2.20. The smallest absolute Gasteiger partial charge is 0.377 e. The molecule has 0 amide bonds. The molecule has 1 unspecified atom stereocenters. The Hall–Kier alpha value is -2.21. The van der Waals surface area contributed by atoms with Crippen molar-refractivity contribution in [2.45, 2.75) is 12.0 Å². The summed E-state index contributed by atoms with van der Waals surface area (Å²) >= 11 is 0. The molecule has 1 atom stereocenters. The molecular formula is C14H12F2O4. The summed E-state index contributed by atoms with van der Waals surface area (Å²) in [5, 5.41) is 19.1. The summed E-state index contributed by atoms with van der Waals surface area (Å²) in [7, 11) is 1.43. The molecule has 0 heterocycles. The van der Waals surface area contributed by atoms with E-state index in [-0.39, 0.29) is 5.56 Å². The lowest BCUT2D eigenvalue weighted by molar-refractivity contribution is -0.182. The number of fused-ring (bicyclic) bond motifs is 1. The first-order chi connectivity index (χ1) is 9.39. The van der Waals surface area contributed by atoms with Crippen molar-refractivity contribution in [2.75, 3.05) is 7.11 Å². The molecule has 0 fully saturated rings. The Bertz CT molecular complexity index is 655. The number of benzene rings is 2. The molecule has 6 heteroatoms. The summed E-state index contributed by atoms with van der Waals surface area (Å²) in [5.41, 5.74) is -0.159. The molecule has 2 rings (SSSR count). The van der Waals surface area contributed by atoms with Crippen molar-refractivity contribution in [1.82, 2.24) is 0 Å². The van der Waals surface area contributed by atoms with Crippen molar-refractivity contribution in [3.8, 4) is 5.75 Å². The number of carboxylic acids is 1. The van der Waals surface area contributed by atoms with Gasteiger partial charge < -0.3 is 14.9 Å². The maximum Gasteiger partial charge on any atom is 0.377 e. The third-order valence-corrected chi connectivity index (χ3v) is 3.06. The van der Waals surface area contributed by atoms with E-state index in [1.807, 2.05) is 0 Å². The van der Waals surface area contributed by atoms with Gasteiger partial charge in [0.1, 0.15) is 5.75 Å². The SMILES string of the molecule is COc1ccc(C(O)C(F)(F)C(=O)O)c2ccccc12. The van der Waals surface area contributed by atoms with E-state index in [0.717, 1.165) is 0 Å². The minimum Gasteiger partial charge on any atom is -0.496 e. The second kappa shape index (κ2) is 5.05. The molecule has 0 aliphatic heterocycles. The molecule has 2 N–H and O–H groups in total. The largest absolute Gasteiger partial charge is 0.496 e. The number of aliphatic hydroxyl groups excluding tert-OH is 1. The minimum atomic E-state index is -4.27. The Morgan fingerprint density at radius 1 is 1.20 bits per heavy atom. The molecule has 0 aliphatic rings. The van der Waals surface area contributed by atoms with Gasteiger partial charge in [-0.2, -0.15) is 8.78 Å². The van der Waals surface area contributed by atoms with Crippen molar-refractivity contribution in [2.24, 2.45) is 0 Å². The zero-order valence-corrected chi connectivity index (χ0v) is 10.5. The van der Waals surface area contributed by atoms with Gasteiger partial charge in [-0.15, -0.1) is 0 Å². The number of ether oxygens (including phenoxy) is 1. The molecule has 0 spiro atoms. The maximum absolute atomic E-state index is 13.5. The van der Waals surface area contributed by atoms with E-state index in [2.05, 4.69) is 0 Å². The zero-order chi connectivity index (χ0) is 14.9. The van der Waals surface area contributed by atoms with Gasteiger partial charge in [0.25, 0.3) is 0 Å². The van der Waals surface area contributed by atoms with Gasteiger partial charge in [0, 0.05) is 5.39 Å². The van der Waals surface area contributed by atoms with Crippen LogP contribution in [-0.2, 0) is 4.79 Å². The van der Waals surface area contributed by atoms with Gasteiger partial charge in [0.15, 0.2) is 6.10 Å². The standard InChI is InChI=1S/C14H12F2O4/c1-20-11-7-6-10(8-4-2-3-5-9(8)11)12(17)14(15,16)13(18)19/h2-7,12,17H,1H3,(H,18,19). The number of hydrogen-bond donors (Lipinski definition) is 2. The Balaban J connectivity index is 2.64. The highest BCUT2D eigenvalue weighted by Gasteiger charge is 2.48. The lowest BCUT2D eigenvalue weighted by Crippen LogP contribution is -2.35. The predicted molar refractivity (Wildman–Crippen MR) is 68.0 cm³/mol. The Labute approximate surface area is 113 Å². The number of aliphatic carboxylic acids is 1. The van der Waals surface area contributed by atoms with Crippen LogP contribution < -0.4 is 4.74 Å². The fourth-order valence-corrected chi connectivity index (χ4v) is 2.02. The molecule has 0 saturated heterocycles. The number of aliphatic hydroxyl groups is 1. The molecule has 2 aromatic carbocycles. The normalized spacial score (nSPS) is 13.2. The first-order valence-corrected chi connectivity index (χ1v) is 5.74. The van der Waals surface area contributed by atoms with Crippen molar-refractivity contribution in [3.05, 3.63) is 42.0 Å². The zero-order valence-electron chi connectivity index (χ0n) is 10.5. The van der Waals surface area contributed by atoms with E-state index in [0.29, 0.717) is 16.5 Å². The molecule has 0 radical (unpaired) electrons. The first-order valence-electron chi connectivity index (χ1n) is 5.74. The quantitative estimate of drug-likeness (QED) is 0.904. The molecule has 4 nitrogen and oxygen atoms in total. The van der Waals surface area contributed by atoms with Crippen LogP contribution >= 0.6 is 0 Å². The van der Waals surface area contributed by atoms with Crippen molar-refractivity contribution in [1.29, 1.82) is 0 Å². The summed E-state index contributed by atoms with van der Waals surface area (Å²) in [4.78, 5) is 10.6. The Morgan fingerprint density at radius 2 is 1.80 bits per heavy atom. The van der Waals surface area contributed by atoms with Crippen LogP contribution in [0.2, 0.25) is 0 Å². The van der Waals surface area contributed by atoms with Crippen molar-refractivity contribution >= 4 is 16.7 Å². The summed E-state index contributed by atoms with van der Waals surface area (Å²) in [6, 6.07) is 9.12. The molecule has 0 bridgehead atoms. The Kier molecular flexibility index (Phi) is 3.59. The van der Waals surface area contributed by atoms with Gasteiger partial charge in [-0.05, 0) is 17.0 Å². The van der Waals surface area contributed by atoms with Crippen LogP contribution in [0.4, 0.5) is 8.78 Å². The fraction of sp³-hybridized carbons (Fsp3) is 0.214. The van der Waals surface area contributed by atoms with E-state index >= 15 is 0 Å². The van der Waals surface area contributed by atoms with Crippen LogP contribution in [0.25, 0.3) is 10.8 Å². The molecule has 0 aromatic heterocycles. The second-order valence-electron chi connectivity index (χ2n) is 4.23. The van der Waals surface area contributed by atoms with Crippen LogP contribution in [-0.4, -0.2) is 29.2 Å². The highest BCUT2D eigenvalue weighted by Crippen LogP contribution is 2.38. The van der Waals surface area contributed by atoms with Crippen LogP contribution in [0.15, 0.2) is 36.4 Å². The van der Waals surface area contributed by atoms with Crippen LogP contribution in [0.5, 0.6) is 5.75 Å². The average molecular weight is 282 g/mol. The summed E-state index contributed by atoms with van der Waals surface area (Å²) in [5.74, 6) is -6.18. The third-order valence-electron chi connectivity index (χ3n) is 3.06. The number of halogens is 2. The number of carbonyl (C=O) groups is 1. The molecular weight excluding hydrogens is 270 g/mol. The van der Waals surface area contributed by atoms with Gasteiger partial charge >= 0.3 is 11.9 Å². The van der Waals surface area contributed by atoms with Gasteiger partial charge in [0.05, 0.1) is 7.11 Å². The Morgan fingerprint density at radius 3 is 2.35 bits per heavy atom. The maximum atomic E-state index is 13.5. The molecule has 106 valence electrons. The number of methoxy groups -OCH3 is 1. The average Bonchev–Trinajstić information content (AvgIpc) is 2.45. The van der Waals surface area contributed by atoms with Crippen molar-refractivity contribution < 1.29 is 28.5 Å². The summed E-state index contributed by atoms with van der Waals surface area (Å²) in [6.07, 6.45) is -2.43. The number of carboxylic acid groups (broad SMARTS) is 1. The van der Waals surface area contributed by atoms with E-state index in [1.165, 1.54) is 25.3 Å². The van der Waals surface area contributed by atoms with Gasteiger partial charge in [-0.3, -0.25) is 0 Å². The van der Waals surface area contributed by atoms with Crippen LogP contribution in [0.1, 0.15) is 11.7 Å². The number of hydrogen-bond acceptors (Lipinski definition) is 3. The highest BCUT2D eigenvalue weighted by molar-refractivity contribution is 5.92. The third kappa shape index (κ3) is 2.18. The van der Waals surface area contributed by atoms with Crippen molar-refractivity contribution in [3.63, 3.8) is 0 Å². The van der Waals surface area contributed by atoms with Gasteiger partial charge in [-0.1, -0.05) is 30.3 Å². The summed E-state index contributed by atoms with van der Waals surface area (Å²) in [6.45, 7) is 0. The van der Waals surface area contributed by atoms with E-state index in [9.17, 15) is 18.7 Å². The number of rotatable bonds is 4. The number of alkyl halides is 2. The topological polar surface area (TPSA) is 66.8 Å². The van der Waals surface area contributed by atoms with Gasteiger partial charge in [-0.25, -0.2) is 4.79 Å². The molecule has 2 aromatic rings. The van der Waals surface area contributed by atoms with Crippen LogP contribution in [0, 0.1) is 0 Å². The van der Waals surface area contributed by atoms with E-state index in [1.54, 1.807) is 18.2 Å². The van der Waals surface area contributed by atoms with Crippen LogP contribution in [0.3, 0.4) is 0 Å². The minimum absolute atomic E-state index is 0.159.